The first-order valence-corrected chi connectivity index (χ1v) is 10.5. The summed E-state index contributed by atoms with van der Waals surface area (Å²) in [4.78, 5) is -1.39. The molecule has 0 spiro atoms. The topological polar surface area (TPSA) is 47.6 Å². The smallest absolute Gasteiger partial charge is 0.167 e. The van der Waals surface area contributed by atoms with Crippen molar-refractivity contribution < 1.29 is 0 Å². The highest BCUT2D eigenvalue weighted by Gasteiger charge is 2.39. The Bertz CT molecular complexity index is 421. The van der Waals surface area contributed by atoms with E-state index in [1.807, 2.05) is 18.2 Å². The van der Waals surface area contributed by atoms with Gasteiger partial charge in [-0.25, -0.2) is 0 Å². The average Bonchev–Trinajstić information content (AvgIpc) is 2.37. The third-order valence-electron chi connectivity index (χ3n) is 2.58. The first kappa shape index (κ1) is 14.4. The lowest BCUT2D eigenvalue weighted by molar-refractivity contribution is 0.971. The lowest BCUT2D eigenvalue weighted by Crippen LogP contribution is -2.16. The molecular weight excluding hydrogens is 342 g/mol. The highest BCUT2D eigenvalue weighted by Crippen LogP contribution is 2.66. The van der Waals surface area contributed by atoms with Gasteiger partial charge in [0.15, 0.2) is 28.0 Å². The fourth-order valence-corrected chi connectivity index (χ4v) is 8.18. The standard InChI is InChI=1S/C13H15IN2P/c1-2-8-17(14,11-12(9-15)10-16)13-6-4-3-5-7-13/h3-7,12H,2,8,11H2,1H3/q+1. The van der Waals surface area contributed by atoms with E-state index in [9.17, 15) is 0 Å². The van der Waals surface area contributed by atoms with E-state index < -0.39 is 10.8 Å². The van der Waals surface area contributed by atoms with Crippen molar-refractivity contribution in [3.05, 3.63) is 30.3 Å². The van der Waals surface area contributed by atoms with Crippen molar-refractivity contribution in [1.29, 1.82) is 10.5 Å². The van der Waals surface area contributed by atoms with Gasteiger partial charge in [-0.2, -0.15) is 10.5 Å². The van der Waals surface area contributed by atoms with Gasteiger partial charge >= 0.3 is 0 Å². The van der Waals surface area contributed by atoms with Gasteiger partial charge in [-0.3, -0.25) is 0 Å². The molecule has 1 aromatic rings. The summed E-state index contributed by atoms with van der Waals surface area (Å²) >= 11 is 2.51. The number of hydrogen-bond donors (Lipinski definition) is 0. The molecule has 0 saturated carbocycles. The first-order valence-electron chi connectivity index (χ1n) is 5.58. The summed E-state index contributed by atoms with van der Waals surface area (Å²) in [6.07, 6.45) is 2.89. The minimum Gasteiger partial charge on any atom is -0.197 e. The van der Waals surface area contributed by atoms with Crippen LogP contribution in [0.4, 0.5) is 0 Å². The van der Waals surface area contributed by atoms with Gasteiger partial charge in [-0.05, 0) is 18.6 Å². The normalized spacial score (nSPS) is 13.7. The quantitative estimate of drug-likeness (QED) is 0.595. The fraction of sp³-hybridized carbons (Fsp3) is 0.385. The Morgan fingerprint density at radius 1 is 1.24 bits per heavy atom. The highest BCUT2D eigenvalue weighted by molar-refractivity contribution is 14.2. The van der Waals surface area contributed by atoms with Gasteiger partial charge < -0.3 is 0 Å². The van der Waals surface area contributed by atoms with Crippen LogP contribution in [0.5, 0.6) is 0 Å². The van der Waals surface area contributed by atoms with E-state index in [1.165, 1.54) is 5.30 Å². The van der Waals surface area contributed by atoms with E-state index >= 15 is 0 Å². The fourth-order valence-electron chi connectivity index (χ4n) is 1.78. The zero-order valence-electron chi connectivity index (χ0n) is 9.81. The molecule has 17 heavy (non-hydrogen) atoms. The summed E-state index contributed by atoms with van der Waals surface area (Å²) in [5, 5.41) is 19.2. The predicted octanol–water partition coefficient (Wildman–Crippen LogP) is 3.75. The summed E-state index contributed by atoms with van der Waals surface area (Å²) in [6.45, 7) is 2.16. The van der Waals surface area contributed by atoms with Crippen LogP contribution in [-0.4, -0.2) is 12.3 Å². The molecule has 1 atom stereocenters. The van der Waals surface area contributed by atoms with E-state index in [4.69, 9.17) is 10.5 Å². The molecule has 2 nitrogen and oxygen atoms in total. The molecule has 0 fully saturated rings. The molecule has 0 N–H and O–H groups in total. The number of nitriles is 2. The van der Waals surface area contributed by atoms with Crippen molar-refractivity contribution in [3.63, 3.8) is 0 Å². The zero-order chi connectivity index (χ0) is 12.7. The van der Waals surface area contributed by atoms with Gasteiger partial charge in [-0.15, -0.1) is 0 Å². The number of hydrogen-bond acceptors (Lipinski definition) is 2. The number of halogens is 1. The Morgan fingerprint density at radius 3 is 2.29 bits per heavy atom. The summed E-state index contributed by atoms with van der Waals surface area (Å²) in [7, 11) is 0. The van der Waals surface area contributed by atoms with Crippen LogP contribution in [0.1, 0.15) is 13.3 Å². The van der Waals surface area contributed by atoms with E-state index in [0.29, 0.717) is 6.16 Å². The second kappa shape index (κ2) is 6.94. The largest absolute Gasteiger partial charge is 0.197 e. The van der Waals surface area contributed by atoms with Crippen molar-refractivity contribution >= 4 is 32.3 Å². The van der Waals surface area contributed by atoms with Gasteiger partial charge in [0.25, 0.3) is 0 Å². The summed E-state index contributed by atoms with van der Waals surface area (Å²) in [6, 6.07) is 14.5. The second-order valence-electron chi connectivity index (χ2n) is 3.92. The molecule has 0 heterocycles. The molecule has 0 amide bonds. The molecule has 0 saturated heterocycles. The van der Waals surface area contributed by atoms with Gasteiger partial charge in [-0.1, -0.05) is 25.1 Å². The molecule has 1 rings (SSSR count). The number of benzene rings is 1. The Hall–Kier alpha value is -0.640. The zero-order valence-corrected chi connectivity index (χ0v) is 12.9. The summed E-state index contributed by atoms with van der Waals surface area (Å²) < 4.78 is 0. The monoisotopic (exact) mass is 357 g/mol. The average molecular weight is 357 g/mol. The van der Waals surface area contributed by atoms with Gasteiger partial charge in [0.1, 0.15) is 16.4 Å². The molecule has 1 aromatic carbocycles. The molecule has 4 heteroatoms. The highest BCUT2D eigenvalue weighted by atomic mass is 127. The Kier molecular flexibility index (Phi) is 5.89. The Labute approximate surface area is 116 Å². The lowest BCUT2D eigenvalue weighted by atomic mass is 10.2. The maximum atomic E-state index is 8.95. The van der Waals surface area contributed by atoms with Crippen molar-refractivity contribution in [1.82, 2.24) is 0 Å². The van der Waals surface area contributed by atoms with Crippen molar-refractivity contribution in [2.24, 2.45) is 5.92 Å². The molecule has 0 bridgehead atoms. The van der Waals surface area contributed by atoms with E-state index in [1.54, 1.807) is 0 Å². The SMILES string of the molecule is CCC[P+](I)(CC(C#N)C#N)c1ccccc1. The second-order valence-corrected chi connectivity index (χ2v) is 12.5. The molecule has 88 valence electrons. The molecule has 0 radical (unpaired) electrons. The minimum atomic E-state index is -1.39. The van der Waals surface area contributed by atoms with Crippen molar-refractivity contribution in [2.45, 2.75) is 13.3 Å². The van der Waals surface area contributed by atoms with Crippen LogP contribution < -0.4 is 5.30 Å². The number of nitrogens with zero attached hydrogens (tertiary/aromatic N) is 2. The summed E-state index contributed by atoms with van der Waals surface area (Å²) in [5.41, 5.74) is 0. The van der Waals surface area contributed by atoms with Gasteiger partial charge in [0, 0.05) is 0 Å². The van der Waals surface area contributed by atoms with Crippen LogP contribution in [0.15, 0.2) is 30.3 Å². The van der Waals surface area contributed by atoms with Crippen LogP contribution >= 0.6 is 26.9 Å². The third kappa shape index (κ3) is 3.95. The molecule has 1 unspecified atom stereocenters. The van der Waals surface area contributed by atoms with Gasteiger partial charge in [0.2, 0.25) is 0 Å². The third-order valence-corrected chi connectivity index (χ3v) is 10.2. The number of rotatable bonds is 5. The van der Waals surface area contributed by atoms with Crippen molar-refractivity contribution in [3.8, 4) is 12.1 Å². The molecular formula is C13H15IN2P+. The lowest BCUT2D eigenvalue weighted by Gasteiger charge is -2.19. The van der Waals surface area contributed by atoms with Crippen molar-refractivity contribution in [2.75, 3.05) is 12.3 Å². The Morgan fingerprint density at radius 2 is 1.82 bits per heavy atom. The minimum absolute atomic E-state index is 0.480. The maximum Gasteiger partial charge on any atom is 0.167 e. The molecule has 0 aliphatic carbocycles. The molecule has 0 aromatic heterocycles. The van der Waals surface area contributed by atoms with Crippen LogP contribution in [0.3, 0.4) is 0 Å². The summed E-state index contributed by atoms with van der Waals surface area (Å²) in [5.74, 6) is -0.480. The maximum absolute atomic E-state index is 8.95. The van der Waals surface area contributed by atoms with E-state index in [0.717, 1.165) is 12.6 Å². The van der Waals surface area contributed by atoms with Crippen LogP contribution in [0, 0.1) is 28.6 Å². The van der Waals surface area contributed by atoms with Crippen LogP contribution in [0.25, 0.3) is 0 Å². The van der Waals surface area contributed by atoms with Crippen LogP contribution in [-0.2, 0) is 0 Å². The Balaban J connectivity index is 2.99. The predicted molar refractivity (Wildman–Crippen MR) is 81.8 cm³/mol. The van der Waals surface area contributed by atoms with E-state index in [-0.39, 0.29) is 0 Å². The molecule has 0 aliphatic rings. The van der Waals surface area contributed by atoms with Gasteiger partial charge in [0.05, 0.1) is 18.3 Å². The molecule has 0 aliphatic heterocycles. The first-order chi connectivity index (χ1) is 8.16. The van der Waals surface area contributed by atoms with Crippen LogP contribution in [0.2, 0.25) is 0 Å². The van der Waals surface area contributed by atoms with E-state index in [2.05, 4.69) is 53.2 Å².